The molecule has 4 heteroatoms. The fraction of sp³-hybridized carbons (Fsp3) is 0.562. The fourth-order valence-corrected chi connectivity index (χ4v) is 3.25. The van der Waals surface area contributed by atoms with Crippen LogP contribution in [0.3, 0.4) is 0 Å². The van der Waals surface area contributed by atoms with Crippen molar-refractivity contribution in [2.45, 2.75) is 45.6 Å². The van der Waals surface area contributed by atoms with Gasteiger partial charge in [-0.05, 0) is 59.3 Å². The normalized spacial score (nSPS) is 22.4. The zero-order valence-corrected chi connectivity index (χ0v) is 13.7. The van der Waals surface area contributed by atoms with Gasteiger partial charge in [0.15, 0.2) is 6.61 Å². The molecule has 2 unspecified atom stereocenters. The zero-order chi connectivity index (χ0) is 14.5. The minimum absolute atomic E-state index is 0.0313. The molecule has 2 atom stereocenters. The van der Waals surface area contributed by atoms with Crippen molar-refractivity contribution in [1.29, 1.82) is 0 Å². The lowest BCUT2D eigenvalue weighted by Crippen LogP contribution is -2.43. The molecule has 0 aliphatic heterocycles. The number of nitrogens with one attached hydrogen (secondary N) is 1. The first kappa shape index (κ1) is 15.4. The van der Waals surface area contributed by atoms with Gasteiger partial charge >= 0.3 is 0 Å². The Balaban J connectivity index is 1.82. The number of hydrogen-bond acceptors (Lipinski definition) is 2. The van der Waals surface area contributed by atoms with Gasteiger partial charge in [0.1, 0.15) is 5.75 Å². The van der Waals surface area contributed by atoms with Crippen LogP contribution in [0.4, 0.5) is 0 Å². The lowest BCUT2D eigenvalue weighted by Gasteiger charge is -2.29. The molecule has 20 heavy (non-hydrogen) atoms. The van der Waals surface area contributed by atoms with E-state index in [1.807, 2.05) is 25.1 Å². The van der Waals surface area contributed by atoms with Gasteiger partial charge in [-0.15, -0.1) is 0 Å². The van der Waals surface area contributed by atoms with Crippen LogP contribution in [0.1, 0.15) is 38.2 Å². The summed E-state index contributed by atoms with van der Waals surface area (Å²) in [6.07, 6.45) is 4.77. The van der Waals surface area contributed by atoms with Crippen molar-refractivity contribution in [2.75, 3.05) is 6.61 Å². The van der Waals surface area contributed by atoms with Gasteiger partial charge in [0.2, 0.25) is 0 Å². The Morgan fingerprint density at radius 2 is 2.15 bits per heavy atom. The van der Waals surface area contributed by atoms with Gasteiger partial charge < -0.3 is 10.1 Å². The van der Waals surface area contributed by atoms with Crippen molar-refractivity contribution in [3.05, 3.63) is 28.2 Å². The van der Waals surface area contributed by atoms with E-state index in [4.69, 9.17) is 4.74 Å². The summed E-state index contributed by atoms with van der Waals surface area (Å²) in [6.45, 7) is 4.30. The maximum Gasteiger partial charge on any atom is 0.258 e. The predicted molar refractivity (Wildman–Crippen MR) is 83.9 cm³/mol. The molecule has 1 aromatic rings. The second kappa shape index (κ2) is 7.11. The SMILES string of the molecule is Cc1ccc(OCC(=O)NC2CCCCC2C)c(Br)c1. The van der Waals surface area contributed by atoms with Crippen molar-refractivity contribution in [3.8, 4) is 5.75 Å². The van der Waals surface area contributed by atoms with Crippen LogP contribution in [0, 0.1) is 12.8 Å². The van der Waals surface area contributed by atoms with E-state index in [1.54, 1.807) is 0 Å². The molecule has 0 heterocycles. The summed E-state index contributed by atoms with van der Waals surface area (Å²) in [7, 11) is 0. The van der Waals surface area contributed by atoms with Crippen molar-refractivity contribution >= 4 is 21.8 Å². The van der Waals surface area contributed by atoms with Crippen LogP contribution in [0.15, 0.2) is 22.7 Å². The molecular weight excluding hydrogens is 318 g/mol. The average molecular weight is 340 g/mol. The molecule has 0 saturated heterocycles. The summed E-state index contributed by atoms with van der Waals surface area (Å²) in [6, 6.07) is 6.15. The number of aryl methyl sites for hydroxylation is 1. The summed E-state index contributed by atoms with van der Waals surface area (Å²) in [4.78, 5) is 12.0. The van der Waals surface area contributed by atoms with E-state index >= 15 is 0 Å². The van der Waals surface area contributed by atoms with E-state index in [1.165, 1.54) is 19.3 Å². The molecule has 2 rings (SSSR count). The first-order chi connectivity index (χ1) is 9.56. The van der Waals surface area contributed by atoms with Gasteiger partial charge in [-0.1, -0.05) is 25.8 Å². The first-order valence-corrected chi connectivity index (χ1v) is 8.04. The Morgan fingerprint density at radius 3 is 2.85 bits per heavy atom. The third-order valence-electron chi connectivity index (χ3n) is 3.90. The third kappa shape index (κ3) is 4.23. The van der Waals surface area contributed by atoms with Gasteiger partial charge in [-0.2, -0.15) is 0 Å². The number of amides is 1. The van der Waals surface area contributed by atoms with E-state index in [9.17, 15) is 4.79 Å². The zero-order valence-electron chi connectivity index (χ0n) is 12.1. The van der Waals surface area contributed by atoms with Gasteiger partial charge in [0.25, 0.3) is 5.91 Å². The fourth-order valence-electron chi connectivity index (χ4n) is 2.65. The topological polar surface area (TPSA) is 38.3 Å². The number of hydrogen-bond donors (Lipinski definition) is 1. The Labute approximate surface area is 129 Å². The standard InChI is InChI=1S/C16H22BrNO2/c1-11-7-8-15(13(17)9-11)20-10-16(19)18-14-6-4-3-5-12(14)2/h7-9,12,14H,3-6,10H2,1-2H3,(H,18,19). The highest BCUT2D eigenvalue weighted by Gasteiger charge is 2.22. The van der Waals surface area contributed by atoms with Crippen LogP contribution >= 0.6 is 15.9 Å². The molecule has 1 amide bonds. The van der Waals surface area contributed by atoms with Gasteiger partial charge in [-0.3, -0.25) is 4.79 Å². The Hall–Kier alpha value is -1.03. The van der Waals surface area contributed by atoms with Crippen LogP contribution in [0.5, 0.6) is 5.75 Å². The van der Waals surface area contributed by atoms with Gasteiger partial charge in [-0.25, -0.2) is 0 Å². The van der Waals surface area contributed by atoms with E-state index < -0.39 is 0 Å². The number of halogens is 1. The highest BCUT2D eigenvalue weighted by atomic mass is 79.9. The van der Waals surface area contributed by atoms with Crippen molar-refractivity contribution in [3.63, 3.8) is 0 Å². The Bertz CT molecular complexity index is 476. The maximum atomic E-state index is 12.0. The molecular formula is C16H22BrNO2. The summed E-state index contributed by atoms with van der Waals surface area (Å²) >= 11 is 3.45. The predicted octanol–water partition coefficient (Wildman–Crippen LogP) is 3.83. The molecule has 1 saturated carbocycles. The Kier molecular flexibility index (Phi) is 5.46. The van der Waals surface area contributed by atoms with Crippen LogP contribution in [-0.2, 0) is 4.79 Å². The van der Waals surface area contributed by atoms with Crippen molar-refractivity contribution in [1.82, 2.24) is 5.32 Å². The average Bonchev–Trinajstić information content (AvgIpc) is 2.40. The molecule has 1 aliphatic rings. The summed E-state index contributed by atoms with van der Waals surface area (Å²) in [5.41, 5.74) is 1.16. The minimum atomic E-state index is -0.0313. The second-order valence-corrected chi connectivity index (χ2v) is 6.51. The monoisotopic (exact) mass is 339 g/mol. The second-order valence-electron chi connectivity index (χ2n) is 5.66. The van der Waals surface area contributed by atoms with E-state index in [2.05, 4.69) is 28.2 Å². The summed E-state index contributed by atoms with van der Waals surface area (Å²) < 4.78 is 6.46. The maximum absolute atomic E-state index is 12.0. The number of ether oxygens (including phenoxy) is 1. The van der Waals surface area contributed by atoms with Crippen LogP contribution in [0.2, 0.25) is 0 Å². The van der Waals surface area contributed by atoms with Crippen LogP contribution in [-0.4, -0.2) is 18.6 Å². The molecule has 1 N–H and O–H groups in total. The molecule has 3 nitrogen and oxygen atoms in total. The minimum Gasteiger partial charge on any atom is -0.483 e. The molecule has 0 spiro atoms. The Morgan fingerprint density at radius 1 is 1.40 bits per heavy atom. The van der Waals surface area contributed by atoms with Gasteiger partial charge in [0, 0.05) is 6.04 Å². The molecule has 110 valence electrons. The quantitative estimate of drug-likeness (QED) is 0.905. The van der Waals surface area contributed by atoms with E-state index in [-0.39, 0.29) is 12.5 Å². The number of carbonyl (C=O) groups is 1. The lowest BCUT2D eigenvalue weighted by molar-refractivity contribution is -0.124. The smallest absolute Gasteiger partial charge is 0.258 e. The largest absolute Gasteiger partial charge is 0.483 e. The highest BCUT2D eigenvalue weighted by Crippen LogP contribution is 2.26. The van der Waals surface area contributed by atoms with Crippen LogP contribution in [0.25, 0.3) is 0 Å². The molecule has 1 aromatic carbocycles. The molecule has 0 radical (unpaired) electrons. The summed E-state index contributed by atoms with van der Waals surface area (Å²) in [5.74, 6) is 1.25. The van der Waals surface area contributed by atoms with Crippen molar-refractivity contribution in [2.24, 2.45) is 5.92 Å². The molecule has 0 aromatic heterocycles. The third-order valence-corrected chi connectivity index (χ3v) is 4.52. The molecule has 1 fully saturated rings. The van der Waals surface area contributed by atoms with E-state index in [0.29, 0.717) is 17.7 Å². The lowest BCUT2D eigenvalue weighted by atomic mass is 9.86. The van der Waals surface area contributed by atoms with E-state index in [0.717, 1.165) is 16.5 Å². The van der Waals surface area contributed by atoms with Gasteiger partial charge in [0.05, 0.1) is 4.47 Å². The highest BCUT2D eigenvalue weighted by molar-refractivity contribution is 9.10. The molecule has 0 bridgehead atoms. The molecule has 1 aliphatic carbocycles. The number of rotatable bonds is 4. The number of carbonyl (C=O) groups excluding carboxylic acids is 1. The number of benzene rings is 1. The van der Waals surface area contributed by atoms with Crippen molar-refractivity contribution < 1.29 is 9.53 Å². The van der Waals surface area contributed by atoms with Crippen LogP contribution < -0.4 is 10.1 Å². The first-order valence-electron chi connectivity index (χ1n) is 7.24. The summed E-state index contributed by atoms with van der Waals surface area (Å²) in [5, 5.41) is 3.09.